The van der Waals surface area contributed by atoms with Gasteiger partial charge < -0.3 is 16.4 Å². The second-order valence-corrected chi connectivity index (χ2v) is 4.78. The minimum Gasteiger partial charge on any atom is -0.354 e. The summed E-state index contributed by atoms with van der Waals surface area (Å²) in [6.45, 7) is 0.405. The summed E-state index contributed by atoms with van der Waals surface area (Å²) < 4.78 is 0. The van der Waals surface area contributed by atoms with Gasteiger partial charge in [-0.3, -0.25) is 14.5 Å². The third-order valence-corrected chi connectivity index (χ3v) is 3.23. The molecule has 2 rings (SSSR count). The summed E-state index contributed by atoms with van der Waals surface area (Å²) in [5, 5.41) is 5.07. The number of imide groups is 1. The van der Waals surface area contributed by atoms with Crippen molar-refractivity contribution in [2.75, 3.05) is 19.6 Å². The minimum atomic E-state index is -0.421. The number of carbonyl (C=O) groups is 3. The van der Waals surface area contributed by atoms with Gasteiger partial charge in [-0.15, -0.1) is 12.4 Å². The van der Waals surface area contributed by atoms with E-state index in [1.807, 2.05) is 30.3 Å². The average Bonchev–Trinajstić information content (AvgIpc) is 2.80. The molecule has 120 valence electrons. The molecule has 0 aliphatic carbocycles. The second-order valence-electron chi connectivity index (χ2n) is 4.78. The maximum Gasteiger partial charge on any atom is 0.324 e. The van der Waals surface area contributed by atoms with Gasteiger partial charge in [0.05, 0.1) is 6.54 Å². The maximum absolute atomic E-state index is 11.8. The quantitative estimate of drug-likeness (QED) is 0.648. The second kappa shape index (κ2) is 8.35. The molecule has 1 aliphatic heterocycles. The van der Waals surface area contributed by atoms with Crippen molar-refractivity contribution in [3.05, 3.63) is 35.9 Å². The third kappa shape index (κ3) is 4.71. The van der Waals surface area contributed by atoms with Gasteiger partial charge in [0.15, 0.2) is 0 Å². The summed E-state index contributed by atoms with van der Waals surface area (Å²) in [4.78, 5) is 35.5. The molecule has 1 fully saturated rings. The minimum absolute atomic E-state index is 0. The van der Waals surface area contributed by atoms with Gasteiger partial charge >= 0.3 is 6.03 Å². The molecule has 22 heavy (non-hydrogen) atoms. The van der Waals surface area contributed by atoms with Crippen molar-refractivity contribution in [2.24, 2.45) is 5.73 Å². The van der Waals surface area contributed by atoms with Crippen LogP contribution >= 0.6 is 12.4 Å². The molecule has 1 aliphatic rings. The van der Waals surface area contributed by atoms with Crippen LogP contribution in [0.15, 0.2) is 30.3 Å². The van der Waals surface area contributed by atoms with Gasteiger partial charge in [0, 0.05) is 25.6 Å². The first-order chi connectivity index (χ1) is 10.1. The highest BCUT2D eigenvalue weighted by atomic mass is 35.5. The van der Waals surface area contributed by atoms with Crippen molar-refractivity contribution in [1.82, 2.24) is 15.5 Å². The van der Waals surface area contributed by atoms with Crippen molar-refractivity contribution in [3.63, 3.8) is 0 Å². The zero-order valence-corrected chi connectivity index (χ0v) is 12.8. The Morgan fingerprint density at radius 1 is 1.32 bits per heavy atom. The zero-order chi connectivity index (χ0) is 15.2. The highest BCUT2D eigenvalue weighted by molar-refractivity contribution is 6.01. The Bertz CT molecular complexity index is 522. The van der Waals surface area contributed by atoms with Crippen LogP contribution < -0.4 is 16.4 Å². The molecule has 1 atom stereocenters. The molecule has 0 radical (unpaired) electrons. The molecule has 0 spiro atoms. The number of nitrogens with two attached hydrogens (primary N) is 1. The SMILES string of the molecule is Cl.NC(CC(=O)NCCN1C(=O)CNC1=O)c1ccccc1. The van der Waals surface area contributed by atoms with Crippen molar-refractivity contribution in [2.45, 2.75) is 12.5 Å². The predicted molar refractivity (Wildman–Crippen MR) is 83.4 cm³/mol. The van der Waals surface area contributed by atoms with Gasteiger partial charge in [0.2, 0.25) is 11.8 Å². The first kappa shape index (κ1) is 17.9. The highest BCUT2D eigenvalue weighted by Crippen LogP contribution is 2.12. The highest BCUT2D eigenvalue weighted by Gasteiger charge is 2.27. The topological polar surface area (TPSA) is 105 Å². The zero-order valence-electron chi connectivity index (χ0n) is 12.0. The number of hydrogen-bond acceptors (Lipinski definition) is 4. The number of amides is 4. The molecule has 1 aromatic carbocycles. The first-order valence-electron chi connectivity index (χ1n) is 6.73. The number of hydrogen-bond donors (Lipinski definition) is 3. The Morgan fingerprint density at radius 2 is 2.00 bits per heavy atom. The molecule has 1 heterocycles. The Balaban J connectivity index is 0.00000242. The number of nitrogens with one attached hydrogen (secondary N) is 2. The molecule has 0 saturated carbocycles. The number of halogens is 1. The molecule has 1 aromatic rings. The summed E-state index contributed by atoms with van der Waals surface area (Å²) in [5.74, 6) is -0.492. The van der Waals surface area contributed by atoms with Crippen molar-refractivity contribution in [1.29, 1.82) is 0 Å². The monoisotopic (exact) mass is 326 g/mol. The standard InChI is InChI=1S/C14H18N4O3.ClH/c15-11(10-4-2-1-3-5-10)8-12(19)16-6-7-18-13(20)9-17-14(18)21;/h1-5,11H,6-9,15H2,(H,16,19)(H,17,21);1H. The van der Waals surface area contributed by atoms with Gasteiger partial charge in [0.1, 0.15) is 0 Å². The van der Waals surface area contributed by atoms with E-state index in [1.54, 1.807) is 0 Å². The van der Waals surface area contributed by atoms with Crippen LogP contribution in [0.25, 0.3) is 0 Å². The van der Waals surface area contributed by atoms with Crippen LogP contribution in [-0.4, -0.2) is 42.4 Å². The Morgan fingerprint density at radius 3 is 2.59 bits per heavy atom. The van der Waals surface area contributed by atoms with E-state index in [0.29, 0.717) is 0 Å². The number of benzene rings is 1. The molecular weight excluding hydrogens is 308 g/mol. The average molecular weight is 327 g/mol. The van der Waals surface area contributed by atoms with Crippen LogP contribution in [0.4, 0.5) is 4.79 Å². The van der Waals surface area contributed by atoms with E-state index >= 15 is 0 Å². The van der Waals surface area contributed by atoms with Gasteiger partial charge in [-0.2, -0.15) is 0 Å². The van der Waals surface area contributed by atoms with Crippen molar-refractivity contribution >= 4 is 30.3 Å². The number of nitrogens with zero attached hydrogens (tertiary/aromatic N) is 1. The molecule has 0 aromatic heterocycles. The normalized spacial score (nSPS) is 15.0. The molecule has 4 amide bonds. The summed E-state index contributed by atoms with van der Waals surface area (Å²) in [5.41, 5.74) is 6.83. The summed E-state index contributed by atoms with van der Waals surface area (Å²) in [6, 6.07) is 8.55. The lowest BCUT2D eigenvalue weighted by Gasteiger charge is -2.14. The fraction of sp³-hybridized carbons (Fsp3) is 0.357. The van der Waals surface area contributed by atoms with Gasteiger partial charge in [-0.05, 0) is 5.56 Å². The Labute approximate surface area is 134 Å². The number of rotatable bonds is 6. The molecular formula is C14H19ClN4O3. The first-order valence-corrected chi connectivity index (χ1v) is 6.73. The van der Waals surface area contributed by atoms with Crippen LogP contribution in [0.5, 0.6) is 0 Å². The van der Waals surface area contributed by atoms with Crippen LogP contribution in [0.2, 0.25) is 0 Å². The number of carbonyl (C=O) groups excluding carboxylic acids is 3. The Kier molecular flexibility index (Phi) is 6.81. The van der Waals surface area contributed by atoms with Gasteiger partial charge in [-0.25, -0.2) is 4.79 Å². The van der Waals surface area contributed by atoms with Crippen LogP contribution in [-0.2, 0) is 9.59 Å². The molecule has 1 saturated heterocycles. The van der Waals surface area contributed by atoms with E-state index in [9.17, 15) is 14.4 Å². The summed E-state index contributed by atoms with van der Waals surface area (Å²) in [6.07, 6.45) is 0.157. The number of urea groups is 1. The maximum atomic E-state index is 11.8. The van der Waals surface area contributed by atoms with E-state index in [1.165, 1.54) is 0 Å². The van der Waals surface area contributed by atoms with Crippen molar-refractivity contribution < 1.29 is 14.4 Å². The fourth-order valence-corrected chi connectivity index (χ4v) is 2.08. The van der Waals surface area contributed by atoms with E-state index < -0.39 is 6.03 Å². The molecule has 0 bridgehead atoms. The lowest BCUT2D eigenvalue weighted by molar-refractivity contribution is -0.126. The predicted octanol–water partition coefficient (Wildman–Crippen LogP) is 0.166. The van der Waals surface area contributed by atoms with Crippen LogP contribution in [0.3, 0.4) is 0 Å². The summed E-state index contributed by atoms with van der Waals surface area (Å²) in [7, 11) is 0. The lowest BCUT2D eigenvalue weighted by atomic mass is 10.0. The van der Waals surface area contributed by atoms with E-state index in [0.717, 1.165) is 10.5 Å². The largest absolute Gasteiger partial charge is 0.354 e. The fourth-order valence-electron chi connectivity index (χ4n) is 2.08. The molecule has 8 heteroatoms. The van der Waals surface area contributed by atoms with Gasteiger partial charge in [-0.1, -0.05) is 30.3 Å². The van der Waals surface area contributed by atoms with E-state index in [4.69, 9.17) is 5.73 Å². The molecule has 1 unspecified atom stereocenters. The van der Waals surface area contributed by atoms with Crippen molar-refractivity contribution in [3.8, 4) is 0 Å². The third-order valence-electron chi connectivity index (χ3n) is 3.23. The van der Waals surface area contributed by atoms with Gasteiger partial charge in [0.25, 0.3) is 0 Å². The summed E-state index contributed by atoms with van der Waals surface area (Å²) >= 11 is 0. The van der Waals surface area contributed by atoms with Crippen LogP contribution in [0, 0.1) is 0 Å². The smallest absolute Gasteiger partial charge is 0.324 e. The van der Waals surface area contributed by atoms with Crippen LogP contribution in [0.1, 0.15) is 18.0 Å². The van der Waals surface area contributed by atoms with E-state index in [-0.39, 0.29) is 56.3 Å². The molecule has 4 N–H and O–H groups in total. The van der Waals surface area contributed by atoms with E-state index in [2.05, 4.69) is 10.6 Å². The molecule has 7 nitrogen and oxygen atoms in total. The lowest BCUT2D eigenvalue weighted by Crippen LogP contribution is -2.39. The Hall–Kier alpha value is -2.12.